The minimum Gasteiger partial charge on any atom is -0.368 e. The number of H-pyrrole nitrogens is 1. The number of amides is 1. The fraction of sp³-hybridized carbons (Fsp3) is 0.318. The summed E-state index contributed by atoms with van der Waals surface area (Å²) in [5, 5.41) is 3.01. The third kappa shape index (κ3) is 3.91. The van der Waals surface area contributed by atoms with Gasteiger partial charge in [0.2, 0.25) is 0 Å². The van der Waals surface area contributed by atoms with E-state index in [-0.39, 0.29) is 17.0 Å². The molecule has 7 nitrogen and oxygen atoms in total. The highest BCUT2D eigenvalue weighted by Crippen LogP contribution is 2.20. The van der Waals surface area contributed by atoms with Crippen LogP contribution in [0.3, 0.4) is 0 Å². The average molecular weight is 409 g/mol. The number of aromatic amines is 1. The molecule has 0 bridgehead atoms. The lowest BCUT2D eigenvalue weighted by Gasteiger charge is -2.36. The van der Waals surface area contributed by atoms with E-state index in [2.05, 4.69) is 25.1 Å². The first-order chi connectivity index (χ1) is 14.5. The molecule has 0 spiro atoms. The molecule has 3 heterocycles. The number of hydrogen-bond donors (Lipinski definition) is 2. The summed E-state index contributed by atoms with van der Waals surface area (Å²) in [6.45, 7) is 5.65. The predicted molar refractivity (Wildman–Crippen MR) is 114 cm³/mol. The van der Waals surface area contributed by atoms with E-state index in [1.165, 1.54) is 6.92 Å². The molecule has 0 unspecified atom stereocenters. The monoisotopic (exact) mass is 409 g/mol. The van der Waals surface area contributed by atoms with Crippen molar-refractivity contribution < 1.29 is 9.18 Å². The van der Waals surface area contributed by atoms with Crippen molar-refractivity contribution in [3.63, 3.8) is 0 Å². The second-order valence-electron chi connectivity index (χ2n) is 7.52. The number of piperazine rings is 1. The van der Waals surface area contributed by atoms with Crippen molar-refractivity contribution in [1.29, 1.82) is 0 Å². The van der Waals surface area contributed by atoms with E-state index < -0.39 is 5.82 Å². The highest BCUT2D eigenvalue weighted by molar-refractivity contribution is 5.92. The summed E-state index contributed by atoms with van der Waals surface area (Å²) in [7, 11) is 1.59. The second kappa shape index (κ2) is 8.23. The number of aromatic nitrogens is 2. The number of hydrogen-bond acceptors (Lipinski definition) is 5. The van der Waals surface area contributed by atoms with Crippen molar-refractivity contribution in [3.8, 4) is 0 Å². The fourth-order valence-corrected chi connectivity index (χ4v) is 3.76. The van der Waals surface area contributed by atoms with Gasteiger partial charge >= 0.3 is 0 Å². The fourth-order valence-electron chi connectivity index (χ4n) is 3.76. The van der Waals surface area contributed by atoms with E-state index in [0.717, 1.165) is 44.0 Å². The molecule has 1 amide bonds. The van der Waals surface area contributed by atoms with Crippen LogP contribution in [-0.4, -0.2) is 54.0 Å². The zero-order valence-electron chi connectivity index (χ0n) is 17.0. The normalized spacial score (nSPS) is 14.8. The summed E-state index contributed by atoms with van der Waals surface area (Å²) < 4.78 is 14.3. The van der Waals surface area contributed by atoms with Crippen molar-refractivity contribution in [3.05, 3.63) is 69.5 Å². The molecule has 1 fully saturated rings. The molecule has 2 aromatic heterocycles. The maximum Gasteiger partial charge on any atom is 0.269 e. The zero-order chi connectivity index (χ0) is 21.3. The Morgan fingerprint density at radius 1 is 1.20 bits per heavy atom. The molecule has 1 aliphatic rings. The highest BCUT2D eigenvalue weighted by atomic mass is 19.1. The van der Waals surface area contributed by atoms with Gasteiger partial charge in [-0.2, -0.15) is 0 Å². The standard InChI is InChI=1S/C22H24FN5O2/c1-14-20(23)17-5-3-15(11-19(17)26-21(14)29)13-27-7-9-28(10-8-27)16-4-6-18(25-12-16)22(30)24-2/h3-6,11-12H,7-10,13H2,1-2H3,(H,24,30)(H,26,29). The number of nitrogens with zero attached hydrogens (tertiary/aromatic N) is 3. The van der Waals surface area contributed by atoms with E-state index in [0.29, 0.717) is 16.6 Å². The van der Waals surface area contributed by atoms with Gasteiger partial charge in [0, 0.05) is 45.2 Å². The van der Waals surface area contributed by atoms with Crippen LogP contribution in [0, 0.1) is 12.7 Å². The maximum absolute atomic E-state index is 14.3. The Morgan fingerprint density at radius 3 is 2.63 bits per heavy atom. The molecule has 1 aliphatic heterocycles. The Morgan fingerprint density at radius 2 is 1.97 bits per heavy atom. The van der Waals surface area contributed by atoms with Crippen LogP contribution in [0.5, 0.6) is 0 Å². The Labute approximate surface area is 173 Å². The van der Waals surface area contributed by atoms with Crippen LogP contribution in [0.4, 0.5) is 10.1 Å². The molecular formula is C22H24FN5O2. The van der Waals surface area contributed by atoms with Crippen LogP contribution < -0.4 is 15.8 Å². The van der Waals surface area contributed by atoms with Crippen molar-refractivity contribution in [2.75, 3.05) is 38.1 Å². The number of carbonyl (C=O) groups is 1. The minimum atomic E-state index is -0.454. The molecule has 4 rings (SSSR count). The van der Waals surface area contributed by atoms with E-state index in [4.69, 9.17) is 0 Å². The van der Waals surface area contributed by atoms with Crippen LogP contribution in [0.25, 0.3) is 10.9 Å². The molecule has 3 aromatic rings. The van der Waals surface area contributed by atoms with Crippen LogP contribution in [-0.2, 0) is 6.54 Å². The van der Waals surface area contributed by atoms with Crippen LogP contribution in [0.15, 0.2) is 41.3 Å². The summed E-state index contributed by atoms with van der Waals surface area (Å²) in [5.74, 6) is -0.650. The van der Waals surface area contributed by atoms with Gasteiger partial charge in [-0.25, -0.2) is 9.37 Å². The smallest absolute Gasteiger partial charge is 0.269 e. The molecule has 8 heteroatoms. The van der Waals surface area contributed by atoms with E-state index in [1.54, 1.807) is 25.4 Å². The molecule has 30 heavy (non-hydrogen) atoms. The van der Waals surface area contributed by atoms with Crippen molar-refractivity contribution in [2.45, 2.75) is 13.5 Å². The summed E-state index contributed by atoms with van der Waals surface area (Å²) >= 11 is 0. The van der Waals surface area contributed by atoms with E-state index >= 15 is 0 Å². The lowest BCUT2D eigenvalue weighted by atomic mass is 10.1. The van der Waals surface area contributed by atoms with E-state index in [9.17, 15) is 14.0 Å². The molecule has 0 atom stereocenters. The van der Waals surface area contributed by atoms with Gasteiger partial charge in [0.25, 0.3) is 11.5 Å². The summed E-state index contributed by atoms with van der Waals surface area (Å²) in [4.78, 5) is 35.0. The molecule has 0 radical (unpaired) electrons. The first-order valence-electron chi connectivity index (χ1n) is 9.92. The van der Waals surface area contributed by atoms with Gasteiger partial charge in [0.15, 0.2) is 0 Å². The van der Waals surface area contributed by atoms with Gasteiger partial charge in [-0.3, -0.25) is 14.5 Å². The Bertz CT molecular complexity index is 1130. The first-order valence-corrected chi connectivity index (χ1v) is 9.92. The van der Waals surface area contributed by atoms with Gasteiger partial charge in [-0.15, -0.1) is 0 Å². The average Bonchev–Trinajstić information content (AvgIpc) is 2.77. The van der Waals surface area contributed by atoms with Gasteiger partial charge < -0.3 is 15.2 Å². The lowest BCUT2D eigenvalue weighted by molar-refractivity contribution is 0.0958. The third-order valence-corrected chi connectivity index (χ3v) is 5.59. The number of anilines is 1. The quantitative estimate of drug-likeness (QED) is 0.689. The molecular weight excluding hydrogens is 385 g/mol. The SMILES string of the molecule is CNC(=O)c1ccc(N2CCN(Cc3ccc4c(F)c(C)c(=O)[nH]c4c3)CC2)cn1. The summed E-state index contributed by atoms with van der Waals surface area (Å²) in [5.41, 5.74) is 2.69. The maximum atomic E-state index is 14.3. The van der Waals surface area contributed by atoms with E-state index in [1.807, 2.05) is 18.2 Å². The van der Waals surface area contributed by atoms with Crippen molar-refractivity contribution in [1.82, 2.24) is 20.2 Å². The van der Waals surface area contributed by atoms with Crippen LogP contribution >= 0.6 is 0 Å². The van der Waals surface area contributed by atoms with Crippen LogP contribution in [0.2, 0.25) is 0 Å². The molecule has 0 aliphatic carbocycles. The largest absolute Gasteiger partial charge is 0.368 e. The molecule has 1 saturated heterocycles. The highest BCUT2D eigenvalue weighted by Gasteiger charge is 2.18. The number of pyridine rings is 2. The molecule has 0 saturated carbocycles. The van der Waals surface area contributed by atoms with Crippen molar-refractivity contribution in [2.24, 2.45) is 0 Å². The number of nitrogens with one attached hydrogen (secondary N) is 2. The number of halogens is 1. The minimum absolute atomic E-state index is 0.115. The number of carbonyl (C=O) groups excluding carboxylic acids is 1. The summed E-state index contributed by atoms with van der Waals surface area (Å²) in [6, 6.07) is 9.16. The van der Waals surface area contributed by atoms with Crippen LogP contribution in [0.1, 0.15) is 21.6 Å². The van der Waals surface area contributed by atoms with Crippen molar-refractivity contribution >= 4 is 22.5 Å². The lowest BCUT2D eigenvalue weighted by Crippen LogP contribution is -2.46. The number of rotatable bonds is 4. The number of fused-ring (bicyclic) bond motifs is 1. The Hall–Kier alpha value is -3.26. The zero-order valence-corrected chi connectivity index (χ0v) is 17.0. The Balaban J connectivity index is 1.40. The second-order valence-corrected chi connectivity index (χ2v) is 7.52. The molecule has 1 aromatic carbocycles. The van der Waals surface area contributed by atoms with Gasteiger partial charge in [0.05, 0.1) is 23.0 Å². The predicted octanol–water partition coefficient (Wildman–Crippen LogP) is 2.05. The van der Waals surface area contributed by atoms with Gasteiger partial charge in [-0.1, -0.05) is 6.07 Å². The molecule has 156 valence electrons. The van der Waals surface area contributed by atoms with Gasteiger partial charge in [0.1, 0.15) is 11.5 Å². The Kier molecular flexibility index (Phi) is 5.50. The third-order valence-electron chi connectivity index (χ3n) is 5.59. The first kappa shape index (κ1) is 20.0. The summed E-state index contributed by atoms with van der Waals surface area (Å²) in [6.07, 6.45) is 1.73. The topological polar surface area (TPSA) is 81.3 Å². The number of benzene rings is 1. The molecule has 2 N–H and O–H groups in total. The van der Waals surface area contributed by atoms with Gasteiger partial charge in [-0.05, 0) is 36.8 Å².